The molecule has 7 nitrogen and oxygen atoms in total. The first-order valence-corrected chi connectivity index (χ1v) is 9.62. The molecular formula is C20H32N4O3. The Morgan fingerprint density at radius 1 is 1.30 bits per heavy atom. The number of ether oxygens (including phenoxy) is 2. The topological polar surface area (TPSA) is 84.0 Å². The zero-order valence-electron chi connectivity index (χ0n) is 17.0. The van der Waals surface area contributed by atoms with Crippen LogP contribution in [-0.2, 0) is 17.8 Å². The van der Waals surface area contributed by atoms with Gasteiger partial charge in [-0.2, -0.15) is 0 Å². The number of hydrogen-bond donors (Lipinski definition) is 3. The maximum atomic E-state index is 11.6. The maximum absolute atomic E-state index is 11.6. The van der Waals surface area contributed by atoms with Crippen LogP contribution < -0.4 is 25.4 Å². The summed E-state index contributed by atoms with van der Waals surface area (Å²) in [5.41, 5.74) is 2.22. The highest BCUT2D eigenvalue weighted by atomic mass is 16.5. The van der Waals surface area contributed by atoms with E-state index in [-0.39, 0.29) is 17.9 Å². The third-order valence-electron chi connectivity index (χ3n) is 4.29. The number of benzene rings is 1. The molecule has 1 aromatic carbocycles. The largest absolute Gasteiger partial charge is 0.494 e. The zero-order chi connectivity index (χ0) is 19.8. The first kappa shape index (κ1) is 20.9. The molecule has 0 radical (unpaired) electrons. The van der Waals surface area contributed by atoms with E-state index in [4.69, 9.17) is 9.47 Å². The molecule has 150 valence electrons. The van der Waals surface area contributed by atoms with Gasteiger partial charge in [0.15, 0.2) is 5.96 Å². The molecule has 3 N–H and O–H groups in total. The summed E-state index contributed by atoms with van der Waals surface area (Å²) < 4.78 is 11.7. The Morgan fingerprint density at radius 3 is 2.70 bits per heavy atom. The number of nitrogens with zero attached hydrogens (tertiary/aromatic N) is 1. The first-order valence-electron chi connectivity index (χ1n) is 9.62. The van der Waals surface area contributed by atoms with Crippen LogP contribution in [0.3, 0.4) is 0 Å². The number of nitrogens with one attached hydrogen (secondary N) is 3. The van der Waals surface area contributed by atoms with Gasteiger partial charge in [-0.1, -0.05) is 13.8 Å². The third-order valence-corrected chi connectivity index (χ3v) is 4.29. The van der Waals surface area contributed by atoms with Gasteiger partial charge in [0.2, 0.25) is 5.91 Å². The third kappa shape index (κ3) is 6.05. The molecule has 1 heterocycles. The van der Waals surface area contributed by atoms with Gasteiger partial charge in [0.1, 0.15) is 17.6 Å². The summed E-state index contributed by atoms with van der Waals surface area (Å²) in [4.78, 5) is 15.8. The maximum Gasteiger partial charge on any atom is 0.222 e. The normalized spacial score (nSPS) is 15.9. The molecule has 1 amide bonds. The van der Waals surface area contributed by atoms with Crippen molar-refractivity contribution >= 4 is 11.9 Å². The number of hydrogen-bond acceptors (Lipinski definition) is 4. The SMILES string of the molecule is CCOc1cc2c(cc1CNC(=NC)NCCNC(=O)C(C)C)OC(C)C2. The fraction of sp³-hybridized carbons (Fsp3) is 0.600. The molecule has 7 heteroatoms. The van der Waals surface area contributed by atoms with Crippen molar-refractivity contribution in [3.05, 3.63) is 23.3 Å². The molecule has 0 aliphatic carbocycles. The van der Waals surface area contributed by atoms with E-state index in [9.17, 15) is 4.79 Å². The number of rotatable bonds is 8. The summed E-state index contributed by atoms with van der Waals surface area (Å²) in [5.74, 6) is 2.52. The van der Waals surface area contributed by atoms with E-state index in [1.165, 1.54) is 5.56 Å². The standard InChI is InChI=1S/C20H32N4O3/c1-6-26-17-10-15-9-14(4)27-18(15)11-16(17)12-24-20(21-5)23-8-7-22-19(25)13(2)3/h10-11,13-14H,6-9,12H2,1-5H3,(H,22,25)(H2,21,23,24). The molecule has 0 saturated carbocycles. The Hall–Kier alpha value is -2.44. The van der Waals surface area contributed by atoms with Crippen LogP contribution >= 0.6 is 0 Å². The molecule has 27 heavy (non-hydrogen) atoms. The van der Waals surface area contributed by atoms with Crippen LogP contribution in [0.4, 0.5) is 0 Å². The summed E-state index contributed by atoms with van der Waals surface area (Å²) in [7, 11) is 1.72. The number of amides is 1. The second-order valence-corrected chi connectivity index (χ2v) is 6.93. The highest BCUT2D eigenvalue weighted by Gasteiger charge is 2.21. The number of carbonyl (C=O) groups excluding carboxylic acids is 1. The summed E-state index contributed by atoms with van der Waals surface area (Å²) in [6.07, 6.45) is 1.11. The van der Waals surface area contributed by atoms with Gasteiger partial charge in [0.05, 0.1) is 6.61 Å². The van der Waals surface area contributed by atoms with Crippen molar-refractivity contribution in [3.8, 4) is 11.5 Å². The van der Waals surface area contributed by atoms with Crippen LogP contribution in [0.15, 0.2) is 17.1 Å². The summed E-state index contributed by atoms with van der Waals surface area (Å²) in [6.45, 7) is 10.1. The molecule has 1 aliphatic heterocycles. The van der Waals surface area contributed by atoms with Crippen molar-refractivity contribution in [1.82, 2.24) is 16.0 Å². The van der Waals surface area contributed by atoms with E-state index in [0.29, 0.717) is 32.2 Å². The summed E-state index contributed by atoms with van der Waals surface area (Å²) >= 11 is 0. The highest BCUT2D eigenvalue weighted by Crippen LogP contribution is 2.35. The molecule has 1 aromatic rings. The minimum atomic E-state index is -0.0100. The zero-order valence-corrected chi connectivity index (χ0v) is 17.0. The predicted molar refractivity (Wildman–Crippen MR) is 107 cm³/mol. The van der Waals surface area contributed by atoms with E-state index in [1.807, 2.05) is 26.8 Å². The molecule has 1 unspecified atom stereocenters. The van der Waals surface area contributed by atoms with Gasteiger partial charge in [-0.05, 0) is 26.0 Å². The number of aliphatic imine (C=N–C) groups is 1. The van der Waals surface area contributed by atoms with Gasteiger partial charge in [0.25, 0.3) is 0 Å². The quantitative estimate of drug-likeness (QED) is 0.366. The fourth-order valence-electron chi connectivity index (χ4n) is 2.88. The van der Waals surface area contributed by atoms with Crippen molar-refractivity contribution in [2.24, 2.45) is 10.9 Å². The van der Waals surface area contributed by atoms with Gasteiger partial charge < -0.3 is 25.4 Å². The molecule has 0 spiro atoms. The van der Waals surface area contributed by atoms with Crippen LogP contribution in [0.5, 0.6) is 11.5 Å². The average molecular weight is 377 g/mol. The first-order chi connectivity index (χ1) is 12.9. The Balaban J connectivity index is 1.90. The molecule has 1 aliphatic rings. The van der Waals surface area contributed by atoms with Crippen LogP contribution in [0.25, 0.3) is 0 Å². The van der Waals surface area contributed by atoms with Crippen molar-refractivity contribution < 1.29 is 14.3 Å². The van der Waals surface area contributed by atoms with E-state index in [2.05, 4.69) is 33.9 Å². The van der Waals surface area contributed by atoms with Gasteiger partial charge in [-0.25, -0.2) is 0 Å². The van der Waals surface area contributed by atoms with E-state index >= 15 is 0 Å². The van der Waals surface area contributed by atoms with Crippen LogP contribution in [0.2, 0.25) is 0 Å². The molecule has 0 fully saturated rings. The Kier molecular flexibility index (Phi) is 7.76. The second kappa shape index (κ2) is 10.0. The van der Waals surface area contributed by atoms with Gasteiger partial charge in [0, 0.05) is 50.1 Å². The lowest BCUT2D eigenvalue weighted by molar-refractivity contribution is -0.123. The van der Waals surface area contributed by atoms with Crippen molar-refractivity contribution in [1.29, 1.82) is 0 Å². The minimum Gasteiger partial charge on any atom is -0.494 e. The fourth-order valence-corrected chi connectivity index (χ4v) is 2.88. The van der Waals surface area contributed by atoms with Crippen LogP contribution in [-0.4, -0.2) is 44.7 Å². The van der Waals surface area contributed by atoms with Crippen molar-refractivity contribution in [3.63, 3.8) is 0 Å². The molecule has 1 atom stereocenters. The summed E-state index contributed by atoms with van der Waals surface area (Å²) in [6, 6.07) is 4.13. The number of fused-ring (bicyclic) bond motifs is 1. The summed E-state index contributed by atoms with van der Waals surface area (Å²) in [5, 5.41) is 9.36. The lowest BCUT2D eigenvalue weighted by atomic mass is 10.1. The monoisotopic (exact) mass is 376 g/mol. The van der Waals surface area contributed by atoms with Gasteiger partial charge in [-0.3, -0.25) is 9.79 Å². The van der Waals surface area contributed by atoms with Gasteiger partial charge in [-0.15, -0.1) is 0 Å². The number of carbonyl (C=O) groups is 1. The van der Waals surface area contributed by atoms with E-state index in [0.717, 1.165) is 23.5 Å². The Labute approximate surface area is 161 Å². The lowest BCUT2D eigenvalue weighted by Gasteiger charge is -2.16. The minimum absolute atomic E-state index is 0.0100. The molecule has 0 bridgehead atoms. The Morgan fingerprint density at radius 2 is 2.04 bits per heavy atom. The van der Waals surface area contributed by atoms with Gasteiger partial charge >= 0.3 is 0 Å². The Bertz CT molecular complexity index is 673. The van der Waals surface area contributed by atoms with E-state index in [1.54, 1.807) is 7.05 Å². The average Bonchev–Trinajstić information content (AvgIpc) is 2.99. The molecule has 2 rings (SSSR count). The predicted octanol–water partition coefficient (Wildman–Crippen LogP) is 1.85. The van der Waals surface area contributed by atoms with E-state index < -0.39 is 0 Å². The smallest absolute Gasteiger partial charge is 0.222 e. The van der Waals surface area contributed by atoms with Crippen LogP contribution in [0, 0.1) is 5.92 Å². The molecule has 0 saturated heterocycles. The number of guanidine groups is 1. The second-order valence-electron chi connectivity index (χ2n) is 6.93. The molecule has 0 aromatic heterocycles. The van der Waals surface area contributed by atoms with Crippen LogP contribution in [0.1, 0.15) is 38.8 Å². The highest BCUT2D eigenvalue weighted by molar-refractivity contribution is 5.80. The van der Waals surface area contributed by atoms with Crippen molar-refractivity contribution in [2.75, 3.05) is 26.7 Å². The lowest BCUT2D eigenvalue weighted by Crippen LogP contribution is -2.41. The molecular weight excluding hydrogens is 344 g/mol. The van der Waals surface area contributed by atoms with Crippen molar-refractivity contribution in [2.45, 2.75) is 46.8 Å².